The Hall–Kier alpha value is -2.41. The van der Waals surface area contributed by atoms with Gasteiger partial charge in [-0.05, 0) is 24.3 Å². The highest BCUT2D eigenvalue weighted by Crippen LogP contribution is 2.16. The SMILES string of the molecule is O=C(CCNC(=O)c1ccc(F)cc1Cl)NCc1ccn[nH]1. The molecular weight excluding hydrogens is 311 g/mol. The molecule has 6 nitrogen and oxygen atoms in total. The van der Waals surface area contributed by atoms with Crippen LogP contribution in [0.25, 0.3) is 0 Å². The molecule has 2 rings (SSSR count). The van der Waals surface area contributed by atoms with Crippen LogP contribution in [-0.4, -0.2) is 28.6 Å². The summed E-state index contributed by atoms with van der Waals surface area (Å²) < 4.78 is 12.9. The molecule has 2 aromatic rings. The zero-order valence-corrected chi connectivity index (χ0v) is 12.3. The molecule has 0 unspecified atom stereocenters. The fraction of sp³-hybridized carbons (Fsp3) is 0.214. The van der Waals surface area contributed by atoms with Crippen molar-refractivity contribution in [2.45, 2.75) is 13.0 Å². The van der Waals surface area contributed by atoms with Gasteiger partial charge in [-0.25, -0.2) is 4.39 Å². The first-order valence-corrected chi connectivity index (χ1v) is 6.92. The number of aromatic nitrogens is 2. The minimum atomic E-state index is -0.514. The topological polar surface area (TPSA) is 86.9 Å². The van der Waals surface area contributed by atoms with Gasteiger partial charge in [-0.15, -0.1) is 0 Å². The largest absolute Gasteiger partial charge is 0.351 e. The van der Waals surface area contributed by atoms with Crippen LogP contribution < -0.4 is 10.6 Å². The maximum Gasteiger partial charge on any atom is 0.252 e. The van der Waals surface area contributed by atoms with Crippen molar-refractivity contribution in [3.63, 3.8) is 0 Å². The van der Waals surface area contributed by atoms with E-state index in [1.165, 1.54) is 6.07 Å². The van der Waals surface area contributed by atoms with Crippen LogP contribution in [0.4, 0.5) is 4.39 Å². The van der Waals surface area contributed by atoms with E-state index in [4.69, 9.17) is 11.6 Å². The molecule has 0 spiro atoms. The van der Waals surface area contributed by atoms with Gasteiger partial charge in [0.2, 0.25) is 5.91 Å². The van der Waals surface area contributed by atoms with Crippen LogP contribution in [0.5, 0.6) is 0 Å². The number of nitrogens with zero attached hydrogens (tertiary/aromatic N) is 1. The smallest absolute Gasteiger partial charge is 0.252 e. The van der Waals surface area contributed by atoms with E-state index in [1.807, 2.05) is 0 Å². The Balaban J connectivity index is 1.73. The van der Waals surface area contributed by atoms with Crippen molar-refractivity contribution < 1.29 is 14.0 Å². The van der Waals surface area contributed by atoms with Crippen molar-refractivity contribution >= 4 is 23.4 Å². The summed E-state index contributed by atoms with van der Waals surface area (Å²) in [5.74, 6) is -1.17. The number of amides is 2. The third-order valence-electron chi connectivity index (χ3n) is 2.85. The Labute approximate surface area is 131 Å². The molecule has 2 amide bonds. The first-order chi connectivity index (χ1) is 10.6. The molecule has 0 aliphatic carbocycles. The van der Waals surface area contributed by atoms with Crippen molar-refractivity contribution in [1.82, 2.24) is 20.8 Å². The number of hydrogen-bond donors (Lipinski definition) is 3. The third-order valence-corrected chi connectivity index (χ3v) is 3.16. The zero-order chi connectivity index (χ0) is 15.9. The molecule has 1 aromatic heterocycles. The number of rotatable bonds is 6. The summed E-state index contributed by atoms with van der Waals surface area (Å²) in [6, 6.07) is 5.26. The summed E-state index contributed by atoms with van der Waals surface area (Å²) in [7, 11) is 0. The van der Waals surface area contributed by atoms with E-state index in [-0.39, 0.29) is 29.5 Å². The van der Waals surface area contributed by atoms with Gasteiger partial charge in [-0.1, -0.05) is 11.6 Å². The molecule has 1 aromatic carbocycles. The highest BCUT2D eigenvalue weighted by atomic mass is 35.5. The van der Waals surface area contributed by atoms with Crippen LogP contribution in [0.2, 0.25) is 5.02 Å². The Morgan fingerprint density at radius 3 is 2.77 bits per heavy atom. The van der Waals surface area contributed by atoms with E-state index in [1.54, 1.807) is 12.3 Å². The molecule has 0 aliphatic rings. The summed E-state index contributed by atoms with van der Waals surface area (Å²) in [5.41, 5.74) is 0.955. The van der Waals surface area contributed by atoms with E-state index in [9.17, 15) is 14.0 Å². The molecule has 8 heteroatoms. The number of halogens is 2. The molecular formula is C14H14ClFN4O2. The van der Waals surface area contributed by atoms with Gasteiger partial charge < -0.3 is 10.6 Å². The van der Waals surface area contributed by atoms with Crippen molar-refractivity contribution in [3.8, 4) is 0 Å². The van der Waals surface area contributed by atoms with Gasteiger partial charge in [-0.3, -0.25) is 14.7 Å². The number of carbonyl (C=O) groups excluding carboxylic acids is 2. The first-order valence-electron chi connectivity index (χ1n) is 6.54. The maximum atomic E-state index is 12.9. The Morgan fingerprint density at radius 2 is 2.09 bits per heavy atom. The Morgan fingerprint density at radius 1 is 1.27 bits per heavy atom. The monoisotopic (exact) mass is 324 g/mol. The minimum absolute atomic E-state index is 0.0289. The van der Waals surface area contributed by atoms with E-state index >= 15 is 0 Å². The second-order valence-electron chi connectivity index (χ2n) is 4.49. The molecule has 0 atom stereocenters. The summed E-state index contributed by atoms with van der Waals surface area (Å²) in [6.07, 6.45) is 1.72. The predicted molar refractivity (Wildman–Crippen MR) is 78.8 cm³/mol. The van der Waals surface area contributed by atoms with Crippen molar-refractivity contribution in [3.05, 3.63) is 52.6 Å². The molecule has 3 N–H and O–H groups in total. The highest BCUT2D eigenvalue weighted by molar-refractivity contribution is 6.33. The Kier molecular flexibility index (Phi) is 5.48. The number of hydrogen-bond acceptors (Lipinski definition) is 3. The molecule has 0 fully saturated rings. The van der Waals surface area contributed by atoms with Crippen LogP contribution in [0.3, 0.4) is 0 Å². The van der Waals surface area contributed by atoms with Gasteiger partial charge >= 0.3 is 0 Å². The van der Waals surface area contributed by atoms with Crippen LogP contribution in [-0.2, 0) is 11.3 Å². The molecule has 0 saturated heterocycles. The highest BCUT2D eigenvalue weighted by Gasteiger charge is 2.11. The van der Waals surface area contributed by atoms with E-state index in [0.717, 1.165) is 17.8 Å². The first kappa shape index (κ1) is 16.0. The molecule has 0 bridgehead atoms. The van der Waals surface area contributed by atoms with Crippen LogP contribution in [0.1, 0.15) is 22.5 Å². The number of carbonyl (C=O) groups is 2. The zero-order valence-electron chi connectivity index (χ0n) is 11.5. The van der Waals surface area contributed by atoms with Gasteiger partial charge in [0, 0.05) is 19.2 Å². The summed E-state index contributed by atoms with van der Waals surface area (Å²) in [6.45, 7) is 0.498. The predicted octanol–water partition coefficient (Wildman–Crippen LogP) is 1.64. The number of H-pyrrole nitrogens is 1. The maximum absolute atomic E-state index is 12.9. The van der Waals surface area contributed by atoms with Gasteiger partial charge in [-0.2, -0.15) is 5.10 Å². The van der Waals surface area contributed by atoms with Crippen molar-refractivity contribution in [2.75, 3.05) is 6.54 Å². The lowest BCUT2D eigenvalue weighted by molar-refractivity contribution is -0.121. The lowest BCUT2D eigenvalue weighted by atomic mass is 10.2. The molecule has 116 valence electrons. The van der Waals surface area contributed by atoms with Crippen LogP contribution >= 0.6 is 11.6 Å². The van der Waals surface area contributed by atoms with Crippen LogP contribution in [0.15, 0.2) is 30.5 Å². The van der Waals surface area contributed by atoms with Gasteiger partial charge in [0.15, 0.2) is 0 Å². The number of benzene rings is 1. The quantitative estimate of drug-likeness (QED) is 0.755. The Bertz CT molecular complexity index is 661. The molecule has 0 saturated carbocycles. The van der Waals surface area contributed by atoms with Gasteiger partial charge in [0.25, 0.3) is 5.91 Å². The number of aromatic amines is 1. The fourth-order valence-electron chi connectivity index (χ4n) is 1.72. The van der Waals surface area contributed by atoms with E-state index in [2.05, 4.69) is 20.8 Å². The lowest BCUT2D eigenvalue weighted by Gasteiger charge is -2.07. The second-order valence-corrected chi connectivity index (χ2v) is 4.90. The number of nitrogens with one attached hydrogen (secondary N) is 3. The van der Waals surface area contributed by atoms with Crippen LogP contribution in [0, 0.1) is 5.82 Å². The van der Waals surface area contributed by atoms with Gasteiger partial charge in [0.1, 0.15) is 5.82 Å². The van der Waals surface area contributed by atoms with E-state index < -0.39 is 11.7 Å². The third kappa shape index (κ3) is 4.56. The second kappa shape index (κ2) is 7.56. The fourth-order valence-corrected chi connectivity index (χ4v) is 1.98. The average molecular weight is 325 g/mol. The minimum Gasteiger partial charge on any atom is -0.351 e. The summed E-state index contributed by atoms with van der Waals surface area (Å²) in [4.78, 5) is 23.4. The average Bonchev–Trinajstić information content (AvgIpc) is 2.98. The molecule has 0 radical (unpaired) electrons. The summed E-state index contributed by atoms with van der Waals surface area (Å²) >= 11 is 5.78. The standard InChI is InChI=1S/C14H14ClFN4O2/c15-12-7-9(16)1-2-11(12)14(22)17-5-4-13(21)18-8-10-3-6-19-20-10/h1-3,6-7H,4-5,8H2,(H,17,22)(H,18,21)(H,19,20). The van der Waals surface area contributed by atoms with Gasteiger partial charge in [0.05, 0.1) is 22.8 Å². The molecule has 1 heterocycles. The van der Waals surface area contributed by atoms with Crippen molar-refractivity contribution in [1.29, 1.82) is 0 Å². The normalized spacial score (nSPS) is 10.3. The summed E-state index contributed by atoms with van der Waals surface area (Å²) in [5, 5.41) is 11.7. The van der Waals surface area contributed by atoms with Crippen molar-refractivity contribution in [2.24, 2.45) is 0 Å². The molecule has 0 aliphatic heterocycles. The van der Waals surface area contributed by atoms with E-state index in [0.29, 0.717) is 6.54 Å². The molecule has 22 heavy (non-hydrogen) atoms. The lowest BCUT2D eigenvalue weighted by Crippen LogP contribution is -2.30.